The van der Waals surface area contributed by atoms with E-state index in [-0.39, 0.29) is 49.8 Å². The number of hydrogen-bond donors (Lipinski definition) is 3. The van der Waals surface area contributed by atoms with Crippen LogP contribution in [0.15, 0.2) is 133 Å². The molecule has 0 bridgehead atoms. The van der Waals surface area contributed by atoms with Crippen LogP contribution in [0.4, 0.5) is 9.59 Å². The molecule has 2 fully saturated rings. The van der Waals surface area contributed by atoms with Crippen molar-refractivity contribution >= 4 is 25.9 Å². The maximum atomic E-state index is 14.5. The second kappa shape index (κ2) is 20.5. The molecule has 4 amide bonds. The predicted molar refractivity (Wildman–Crippen MR) is 241 cm³/mol. The second-order valence-electron chi connectivity index (χ2n) is 16.6. The number of phosphoric acid groups is 1. The molecule has 3 N–H and O–H groups in total. The van der Waals surface area contributed by atoms with Crippen LogP contribution >= 0.6 is 7.82 Å². The minimum Gasteiger partial charge on any atom is -0.449 e. The van der Waals surface area contributed by atoms with E-state index < -0.39 is 25.5 Å². The van der Waals surface area contributed by atoms with Crippen molar-refractivity contribution < 1.29 is 37.3 Å². The van der Waals surface area contributed by atoms with Gasteiger partial charge in [-0.2, -0.15) is 0 Å². The molecule has 2 aliphatic carbocycles. The molecule has 1 saturated heterocycles. The van der Waals surface area contributed by atoms with Crippen molar-refractivity contribution in [3.63, 3.8) is 0 Å². The first-order chi connectivity index (χ1) is 30.7. The third-order valence-electron chi connectivity index (χ3n) is 12.2. The Kier molecular flexibility index (Phi) is 14.2. The summed E-state index contributed by atoms with van der Waals surface area (Å²) >= 11 is 0. The number of alkyl carbamates (subject to hydrolysis) is 1. The summed E-state index contributed by atoms with van der Waals surface area (Å²) in [6, 6.07) is 40.7. The molecule has 0 spiro atoms. The molecule has 5 aromatic rings. The van der Waals surface area contributed by atoms with Gasteiger partial charge in [-0.3, -0.25) is 13.8 Å². The van der Waals surface area contributed by atoms with Crippen LogP contribution in [-0.2, 0) is 42.8 Å². The van der Waals surface area contributed by atoms with Crippen LogP contribution in [-0.4, -0.2) is 60.8 Å². The maximum Gasteiger partial charge on any atom is 0.530 e. The third-order valence-corrected chi connectivity index (χ3v) is 13.5. The maximum absolute atomic E-state index is 14.5. The minimum absolute atomic E-state index is 0.00996. The largest absolute Gasteiger partial charge is 0.530 e. The Balaban J connectivity index is 0.984. The van der Waals surface area contributed by atoms with E-state index in [9.17, 15) is 18.9 Å². The Labute approximate surface area is 369 Å². The van der Waals surface area contributed by atoms with Gasteiger partial charge >= 0.3 is 19.9 Å². The molecular formula is C50H55N4O8P. The van der Waals surface area contributed by atoms with Gasteiger partial charge in [-0.1, -0.05) is 141 Å². The molecule has 0 aromatic heterocycles. The van der Waals surface area contributed by atoms with Crippen molar-refractivity contribution in [2.75, 3.05) is 26.2 Å². The van der Waals surface area contributed by atoms with E-state index in [0.29, 0.717) is 26.1 Å². The van der Waals surface area contributed by atoms with E-state index in [2.05, 4.69) is 40.2 Å². The predicted octanol–water partition coefficient (Wildman–Crippen LogP) is 9.68. The Morgan fingerprint density at radius 2 is 1.32 bits per heavy atom. The van der Waals surface area contributed by atoms with Gasteiger partial charge in [0.05, 0.1) is 13.2 Å². The molecule has 0 unspecified atom stereocenters. The number of nitrogens with one attached hydrogen (secondary N) is 3. The number of carbonyl (C=O) groups is 3. The average molecular weight is 871 g/mol. The molecule has 8 rings (SSSR count). The van der Waals surface area contributed by atoms with E-state index in [0.717, 1.165) is 77.5 Å². The van der Waals surface area contributed by atoms with Crippen molar-refractivity contribution in [2.24, 2.45) is 0 Å². The highest BCUT2D eigenvalue weighted by Gasteiger charge is 2.38. The van der Waals surface area contributed by atoms with Gasteiger partial charge in [-0.05, 0) is 76.8 Å². The number of benzene rings is 5. The fourth-order valence-corrected chi connectivity index (χ4v) is 10.0. The van der Waals surface area contributed by atoms with Gasteiger partial charge in [0.15, 0.2) is 0 Å². The van der Waals surface area contributed by atoms with Crippen LogP contribution in [0.25, 0.3) is 11.1 Å². The fourth-order valence-electron chi connectivity index (χ4n) is 8.84. The van der Waals surface area contributed by atoms with Crippen LogP contribution < -0.4 is 20.5 Å². The van der Waals surface area contributed by atoms with E-state index in [4.69, 9.17) is 18.3 Å². The molecule has 5 aromatic carbocycles. The first kappa shape index (κ1) is 43.7. The Morgan fingerprint density at radius 1 is 0.730 bits per heavy atom. The summed E-state index contributed by atoms with van der Waals surface area (Å²) in [6.07, 6.45) is 5.43. The molecule has 63 heavy (non-hydrogen) atoms. The lowest BCUT2D eigenvalue weighted by atomic mass is 9.78. The number of ether oxygens (including phenoxy) is 1. The zero-order chi connectivity index (χ0) is 43.5. The molecule has 12 nitrogen and oxygen atoms in total. The lowest BCUT2D eigenvalue weighted by Crippen LogP contribution is -2.58. The molecule has 1 aliphatic heterocycles. The number of amides is 4. The van der Waals surface area contributed by atoms with Gasteiger partial charge in [0.1, 0.15) is 18.4 Å². The zero-order valence-corrected chi connectivity index (χ0v) is 36.3. The van der Waals surface area contributed by atoms with Crippen LogP contribution in [0, 0.1) is 0 Å². The minimum atomic E-state index is -4.12. The van der Waals surface area contributed by atoms with Crippen LogP contribution in [0.2, 0.25) is 0 Å². The average Bonchev–Trinajstić information content (AvgIpc) is 3.64. The highest BCUT2D eigenvalue weighted by Crippen LogP contribution is 2.51. The Morgan fingerprint density at radius 3 is 1.92 bits per heavy atom. The third kappa shape index (κ3) is 11.4. The molecule has 3 aliphatic rings. The van der Waals surface area contributed by atoms with Crippen molar-refractivity contribution in [1.29, 1.82) is 0 Å². The van der Waals surface area contributed by atoms with Crippen molar-refractivity contribution in [2.45, 2.75) is 82.1 Å². The molecule has 0 radical (unpaired) electrons. The van der Waals surface area contributed by atoms with Crippen LogP contribution in [0.1, 0.15) is 78.7 Å². The number of urea groups is 1. The first-order valence-electron chi connectivity index (χ1n) is 22.0. The number of phosphoric ester groups is 1. The van der Waals surface area contributed by atoms with Gasteiger partial charge in [0.25, 0.3) is 0 Å². The summed E-state index contributed by atoms with van der Waals surface area (Å²) in [7, 11) is -4.12. The van der Waals surface area contributed by atoms with Crippen molar-refractivity contribution in [3.8, 4) is 16.9 Å². The van der Waals surface area contributed by atoms with Gasteiger partial charge < -0.3 is 30.1 Å². The number of rotatable bonds is 18. The summed E-state index contributed by atoms with van der Waals surface area (Å²) < 4.78 is 37.6. The number of hydrogen-bond acceptors (Lipinski definition) is 8. The van der Waals surface area contributed by atoms with Crippen molar-refractivity contribution in [3.05, 3.63) is 161 Å². The van der Waals surface area contributed by atoms with Crippen LogP contribution in [0.3, 0.4) is 0 Å². The monoisotopic (exact) mass is 870 g/mol. The second-order valence-corrected chi connectivity index (χ2v) is 18.2. The number of carbonyl (C=O) groups excluding carboxylic acids is 3. The summed E-state index contributed by atoms with van der Waals surface area (Å²) in [5.41, 5.74) is 6.21. The zero-order valence-electron chi connectivity index (χ0n) is 35.4. The van der Waals surface area contributed by atoms with E-state index >= 15 is 0 Å². The highest BCUT2D eigenvalue weighted by atomic mass is 31.2. The standard InChI is InChI=1S/C50H55N4O8P/c55-47(53-50(27-12-3-13-28-50)29-32-54-31-14-30-51-48(54)56)46(52-49(57)59-36-45-43-21-10-8-19-41(43)42-20-9-11-22-44(42)45)33-37-23-25-40(26-24-37)62-63(58,60-34-38-15-4-1-5-16-38)61-35-39-17-6-2-7-18-39/h1-2,4-11,15-26,45-46H,3,12-14,27-36H2,(H,51,56)(H,52,57)(H,53,55)/t46-/m0/s1. The Hall–Kier alpha value is -5.94. The summed E-state index contributed by atoms with van der Waals surface area (Å²) in [6.45, 7) is 1.98. The molecule has 1 heterocycles. The van der Waals surface area contributed by atoms with E-state index in [1.54, 1.807) is 24.3 Å². The first-order valence-corrected chi connectivity index (χ1v) is 23.4. The molecule has 13 heteroatoms. The fraction of sp³-hybridized carbons (Fsp3) is 0.340. The van der Waals surface area contributed by atoms with Gasteiger partial charge in [-0.15, -0.1) is 0 Å². The number of fused-ring (bicyclic) bond motifs is 3. The summed E-state index contributed by atoms with van der Waals surface area (Å²) in [4.78, 5) is 42.7. The molecule has 1 atom stereocenters. The molecule has 1 saturated carbocycles. The van der Waals surface area contributed by atoms with E-state index in [1.165, 1.54) is 0 Å². The van der Waals surface area contributed by atoms with Gasteiger partial charge in [-0.25, -0.2) is 14.2 Å². The normalized spacial score (nSPS) is 16.3. The topological polar surface area (TPSA) is 145 Å². The highest BCUT2D eigenvalue weighted by molar-refractivity contribution is 7.48. The van der Waals surface area contributed by atoms with Crippen molar-refractivity contribution in [1.82, 2.24) is 20.9 Å². The van der Waals surface area contributed by atoms with E-state index in [1.807, 2.05) is 89.8 Å². The number of nitrogens with zero attached hydrogens (tertiary/aromatic N) is 1. The van der Waals surface area contributed by atoms with Gasteiger partial charge in [0.2, 0.25) is 5.91 Å². The molecule has 328 valence electrons. The van der Waals surface area contributed by atoms with Crippen LogP contribution in [0.5, 0.6) is 5.75 Å². The molecular weight excluding hydrogens is 816 g/mol. The quantitative estimate of drug-likeness (QED) is 0.0739. The summed E-state index contributed by atoms with van der Waals surface area (Å²) in [5, 5.41) is 9.21. The van der Waals surface area contributed by atoms with Gasteiger partial charge in [0, 0.05) is 37.5 Å². The lowest BCUT2D eigenvalue weighted by molar-refractivity contribution is -0.125. The summed E-state index contributed by atoms with van der Waals surface area (Å²) in [5.74, 6) is -0.233. The lowest BCUT2D eigenvalue weighted by Gasteiger charge is -2.41. The Bertz CT molecular complexity index is 2280. The SMILES string of the molecule is O=C(N[C@@H](Cc1ccc(OP(=O)(OCc2ccccc2)OCc2ccccc2)cc1)C(=O)NC1(CCN2CCCNC2=O)CCCCC1)OCC1c2ccccc2-c2ccccc21. The smallest absolute Gasteiger partial charge is 0.449 e.